The molecule has 3 aromatic rings. The quantitative estimate of drug-likeness (QED) is 0.414. The van der Waals surface area contributed by atoms with Crippen LogP contribution in [0.4, 0.5) is 5.82 Å². The van der Waals surface area contributed by atoms with Gasteiger partial charge in [0.1, 0.15) is 23.6 Å². The number of para-hydroxylation sites is 1. The van der Waals surface area contributed by atoms with Gasteiger partial charge in [0.25, 0.3) is 0 Å². The lowest BCUT2D eigenvalue weighted by Gasteiger charge is -2.33. The van der Waals surface area contributed by atoms with Gasteiger partial charge < -0.3 is 15.0 Å². The summed E-state index contributed by atoms with van der Waals surface area (Å²) in [6.07, 6.45) is 6.29. The van der Waals surface area contributed by atoms with E-state index < -0.39 is 0 Å². The van der Waals surface area contributed by atoms with Crippen LogP contribution in [0.2, 0.25) is 0 Å². The molecule has 2 N–H and O–H groups in total. The molecule has 168 valence electrons. The molecule has 2 aromatic carbocycles. The molecule has 1 aliphatic rings. The number of nitrogens with zero attached hydrogens (tertiary/aromatic N) is 3. The Hall–Kier alpha value is -4.00. The van der Waals surface area contributed by atoms with E-state index >= 15 is 0 Å². The van der Waals surface area contributed by atoms with Crippen molar-refractivity contribution < 1.29 is 9.53 Å². The Balaban J connectivity index is 1.51. The molecule has 2 heterocycles. The maximum atomic E-state index is 12.0. The molecule has 4 rings (SSSR count). The monoisotopic (exact) mass is 441 g/mol. The molecule has 1 unspecified atom stereocenters. The summed E-state index contributed by atoms with van der Waals surface area (Å²) in [5.41, 5.74) is 2.61. The number of carbonyl (C=O) groups excluding carboxylic acids is 1. The number of nitrogens with one attached hydrogen (secondary N) is 2. The lowest BCUT2D eigenvalue weighted by Crippen LogP contribution is -2.44. The van der Waals surface area contributed by atoms with Gasteiger partial charge in [0.05, 0.1) is 11.3 Å². The van der Waals surface area contributed by atoms with E-state index in [1.165, 1.54) is 12.4 Å². The highest BCUT2D eigenvalue weighted by atomic mass is 16.5. The summed E-state index contributed by atoms with van der Waals surface area (Å²) in [6, 6.07) is 15.3. The molecule has 33 heavy (non-hydrogen) atoms. The molecule has 7 heteroatoms. The third-order valence-corrected chi connectivity index (χ3v) is 5.66. The van der Waals surface area contributed by atoms with E-state index in [0.717, 1.165) is 42.0 Å². The summed E-state index contributed by atoms with van der Waals surface area (Å²) >= 11 is 0. The van der Waals surface area contributed by atoms with Crippen LogP contribution in [0.25, 0.3) is 0 Å². The van der Waals surface area contributed by atoms with E-state index in [1.54, 1.807) is 11.1 Å². The minimum Gasteiger partial charge on any atom is -0.457 e. The zero-order valence-corrected chi connectivity index (χ0v) is 18.6. The van der Waals surface area contributed by atoms with Crippen molar-refractivity contribution in [3.05, 3.63) is 90.4 Å². The smallest absolute Gasteiger partial charge is 0.246 e. The standard InChI is InChI=1S/C26H27N5O2/c1-3-24(32)31-13-7-8-20(16-31)30-26-22(15-28-17-29-26)25(27)19-11-12-23(18(2)14-19)33-21-9-5-4-6-10-21/h3-6,9-12,14-15,17,20,27H,1,7-8,13,16H2,2H3,(H,28,29,30). The van der Waals surface area contributed by atoms with E-state index in [4.69, 9.17) is 10.1 Å². The second-order valence-electron chi connectivity index (χ2n) is 8.03. The first kappa shape index (κ1) is 22.2. The minimum absolute atomic E-state index is 0.0486. The zero-order chi connectivity index (χ0) is 23.2. The Morgan fingerprint density at radius 2 is 2.09 bits per heavy atom. The molecule has 1 saturated heterocycles. The van der Waals surface area contributed by atoms with Crippen LogP contribution in [-0.2, 0) is 4.79 Å². The van der Waals surface area contributed by atoms with Gasteiger partial charge in [-0.25, -0.2) is 9.97 Å². The van der Waals surface area contributed by atoms with Crippen LogP contribution in [0.5, 0.6) is 11.5 Å². The first-order valence-electron chi connectivity index (χ1n) is 11.0. The van der Waals surface area contributed by atoms with Crippen molar-refractivity contribution in [2.24, 2.45) is 0 Å². The molecule has 1 fully saturated rings. The first-order valence-corrected chi connectivity index (χ1v) is 11.0. The Morgan fingerprint density at radius 3 is 2.85 bits per heavy atom. The number of ether oxygens (including phenoxy) is 1. The highest BCUT2D eigenvalue weighted by Crippen LogP contribution is 2.27. The molecular formula is C26H27N5O2. The summed E-state index contributed by atoms with van der Waals surface area (Å²) in [6.45, 7) is 6.85. The fourth-order valence-corrected chi connectivity index (χ4v) is 3.94. The Labute approximate surface area is 193 Å². The van der Waals surface area contributed by atoms with Gasteiger partial charge in [-0.1, -0.05) is 24.8 Å². The van der Waals surface area contributed by atoms with Gasteiger partial charge in [0.15, 0.2) is 0 Å². The second kappa shape index (κ2) is 10.1. The molecule has 0 bridgehead atoms. The molecule has 0 saturated carbocycles. The number of rotatable bonds is 7. The number of benzene rings is 2. The predicted octanol–water partition coefficient (Wildman–Crippen LogP) is 4.58. The number of anilines is 1. The number of hydrogen-bond acceptors (Lipinski definition) is 6. The van der Waals surface area contributed by atoms with Gasteiger partial charge in [-0.05, 0) is 61.7 Å². The van der Waals surface area contributed by atoms with Crippen molar-refractivity contribution in [2.45, 2.75) is 25.8 Å². The molecule has 1 aromatic heterocycles. The summed E-state index contributed by atoms with van der Waals surface area (Å²) in [7, 11) is 0. The number of piperidine rings is 1. The van der Waals surface area contributed by atoms with Crippen LogP contribution in [0.15, 0.2) is 73.7 Å². The Morgan fingerprint density at radius 1 is 1.27 bits per heavy atom. The molecule has 0 spiro atoms. The molecule has 1 amide bonds. The molecule has 0 aliphatic carbocycles. The number of amides is 1. The van der Waals surface area contributed by atoms with E-state index in [9.17, 15) is 4.79 Å². The number of carbonyl (C=O) groups is 1. The van der Waals surface area contributed by atoms with E-state index in [2.05, 4.69) is 21.9 Å². The van der Waals surface area contributed by atoms with Crippen LogP contribution in [0.1, 0.15) is 29.5 Å². The van der Waals surface area contributed by atoms with Gasteiger partial charge in [-0.3, -0.25) is 10.2 Å². The number of likely N-dealkylation sites (tertiary alicyclic amines) is 1. The molecular weight excluding hydrogens is 414 g/mol. The van der Waals surface area contributed by atoms with Crippen LogP contribution < -0.4 is 10.1 Å². The highest BCUT2D eigenvalue weighted by molar-refractivity contribution is 6.13. The molecule has 1 atom stereocenters. The van der Waals surface area contributed by atoms with Crippen molar-refractivity contribution in [1.82, 2.24) is 14.9 Å². The summed E-state index contributed by atoms with van der Waals surface area (Å²) < 4.78 is 5.97. The van der Waals surface area contributed by atoms with Crippen molar-refractivity contribution >= 4 is 17.4 Å². The van der Waals surface area contributed by atoms with Crippen LogP contribution in [0, 0.1) is 12.3 Å². The number of hydrogen-bond donors (Lipinski definition) is 2. The summed E-state index contributed by atoms with van der Waals surface area (Å²) in [5.74, 6) is 2.04. The highest BCUT2D eigenvalue weighted by Gasteiger charge is 2.24. The Bertz CT molecular complexity index is 1160. The minimum atomic E-state index is -0.0644. The van der Waals surface area contributed by atoms with E-state index in [0.29, 0.717) is 23.6 Å². The third-order valence-electron chi connectivity index (χ3n) is 5.66. The average molecular weight is 442 g/mol. The van der Waals surface area contributed by atoms with Crippen molar-refractivity contribution in [1.29, 1.82) is 5.41 Å². The largest absolute Gasteiger partial charge is 0.457 e. The van der Waals surface area contributed by atoms with E-state index in [1.807, 2.05) is 55.5 Å². The van der Waals surface area contributed by atoms with Crippen LogP contribution in [-0.4, -0.2) is 45.6 Å². The van der Waals surface area contributed by atoms with E-state index in [-0.39, 0.29) is 11.9 Å². The number of aryl methyl sites for hydroxylation is 1. The first-order chi connectivity index (χ1) is 16.0. The van der Waals surface area contributed by atoms with Crippen LogP contribution >= 0.6 is 0 Å². The third kappa shape index (κ3) is 5.26. The molecule has 0 radical (unpaired) electrons. The van der Waals surface area contributed by atoms with Crippen molar-refractivity contribution in [3.8, 4) is 11.5 Å². The van der Waals surface area contributed by atoms with Gasteiger partial charge >= 0.3 is 0 Å². The average Bonchev–Trinajstić information content (AvgIpc) is 2.85. The summed E-state index contributed by atoms with van der Waals surface area (Å²) in [4.78, 5) is 22.3. The normalized spacial score (nSPS) is 15.5. The zero-order valence-electron chi connectivity index (χ0n) is 18.6. The van der Waals surface area contributed by atoms with Crippen molar-refractivity contribution in [3.63, 3.8) is 0 Å². The van der Waals surface area contributed by atoms with Gasteiger partial charge in [-0.2, -0.15) is 0 Å². The fourth-order valence-electron chi connectivity index (χ4n) is 3.94. The van der Waals surface area contributed by atoms with Crippen LogP contribution in [0.3, 0.4) is 0 Å². The number of aromatic nitrogens is 2. The molecule has 7 nitrogen and oxygen atoms in total. The van der Waals surface area contributed by atoms with Gasteiger partial charge in [0.2, 0.25) is 5.91 Å². The Kier molecular flexibility index (Phi) is 6.78. The lowest BCUT2D eigenvalue weighted by molar-refractivity contribution is -0.127. The SMILES string of the molecule is C=CC(=O)N1CCCC(Nc2ncncc2C(=N)c2ccc(Oc3ccccc3)c(C)c2)C1. The topological polar surface area (TPSA) is 91.2 Å². The fraction of sp³-hybridized carbons (Fsp3) is 0.231. The second-order valence-corrected chi connectivity index (χ2v) is 8.03. The van der Waals surface area contributed by atoms with Gasteiger partial charge in [-0.15, -0.1) is 0 Å². The maximum absolute atomic E-state index is 12.0. The molecule has 1 aliphatic heterocycles. The van der Waals surface area contributed by atoms with Crippen molar-refractivity contribution in [2.75, 3.05) is 18.4 Å². The van der Waals surface area contributed by atoms with Gasteiger partial charge in [0, 0.05) is 30.9 Å². The maximum Gasteiger partial charge on any atom is 0.246 e. The predicted molar refractivity (Wildman–Crippen MR) is 129 cm³/mol. The summed E-state index contributed by atoms with van der Waals surface area (Å²) in [5, 5.41) is 12.2. The lowest BCUT2D eigenvalue weighted by atomic mass is 10.0.